The smallest absolute Gasteiger partial charge is 0.252 e. The Hall–Kier alpha value is -8.01. The molecule has 67 heavy (non-hydrogen) atoms. The van der Waals surface area contributed by atoms with E-state index in [1.807, 2.05) is 0 Å². The van der Waals surface area contributed by atoms with Gasteiger partial charge in [-0.15, -0.1) is 0 Å². The number of hydrogen-bond donors (Lipinski definition) is 0. The van der Waals surface area contributed by atoms with E-state index in [0.29, 0.717) is 5.56 Å². The highest BCUT2D eigenvalue weighted by Gasteiger charge is 2.46. The summed E-state index contributed by atoms with van der Waals surface area (Å²) >= 11 is 0. The lowest BCUT2D eigenvalue weighted by molar-refractivity contribution is 0.590. The molecule has 0 atom stereocenters. The topological polar surface area (TPSA) is 38.4 Å². The Kier molecular flexibility index (Phi) is 8.23. The van der Waals surface area contributed by atoms with Crippen molar-refractivity contribution >= 4 is 107 Å². The van der Waals surface area contributed by atoms with Crippen LogP contribution in [0.15, 0.2) is 182 Å². The molecule has 0 spiro atoms. The van der Waals surface area contributed by atoms with Crippen molar-refractivity contribution in [3.8, 4) is 11.8 Å². The van der Waals surface area contributed by atoms with Gasteiger partial charge in [0.15, 0.2) is 0 Å². The molecule has 0 radical (unpaired) electrons. The molecule has 0 N–H and O–H groups in total. The molecule has 13 rings (SSSR count). The molecular weight excluding hydrogens is 814 g/mol. The van der Waals surface area contributed by atoms with Crippen molar-refractivity contribution in [1.82, 2.24) is 4.57 Å². The van der Waals surface area contributed by atoms with Crippen LogP contribution in [-0.4, -0.2) is 11.3 Å². The third kappa shape index (κ3) is 5.74. The number of benzene rings is 9. The molecule has 0 unspecified atom stereocenters. The predicted molar refractivity (Wildman–Crippen MR) is 283 cm³/mol. The van der Waals surface area contributed by atoms with Crippen molar-refractivity contribution in [2.24, 2.45) is 0 Å². The van der Waals surface area contributed by atoms with Crippen molar-refractivity contribution in [1.29, 1.82) is 5.26 Å². The van der Waals surface area contributed by atoms with E-state index in [-0.39, 0.29) is 17.5 Å². The Morgan fingerprint density at radius 3 is 1.79 bits per heavy atom. The lowest BCUT2D eigenvalue weighted by Crippen LogP contribution is -2.61. The van der Waals surface area contributed by atoms with Gasteiger partial charge < -0.3 is 19.3 Å². The summed E-state index contributed by atoms with van der Waals surface area (Å²) in [5.41, 5.74) is 20.2. The van der Waals surface area contributed by atoms with E-state index >= 15 is 0 Å². The van der Waals surface area contributed by atoms with E-state index in [9.17, 15) is 5.26 Å². The fraction of sp³-hybridized carbons (Fsp3) is 0.131. The predicted octanol–water partition coefficient (Wildman–Crippen LogP) is 14.3. The third-order valence-electron chi connectivity index (χ3n) is 14.6. The number of rotatable bonds is 4. The molecule has 0 saturated carbocycles. The maximum Gasteiger partial charge on any atom is 0.252 e. The summed E-state index contributed by atoms with van der Waals surface area (Å²) < 4.78 is 2.47. The van der Waals surface area contributed by atoms with Gasteiger partial charge in [-0.3, -0.25) is 0 Å². The number of fused-ring (bicyclic) bond motifs is 10. The molecule has 0 amide bonds. The Labute approximate surface area is 392 Å². The van der Waals surface area contributed by atoms with Crippen LogP contribution < -0.4 is 31.1 Å². The van der Waals surface area contributed by atoms with Crippen molar-refractivity contribution in [2.75, 3.05) is 14.7 Å². The molecule has 6 heteroatoms. The third-order valence-corrected chi connectivity index (χ3v) is 14.6. The molecule has 0 fully saturated rings. The lowest BCUT2D eigenvalue weighted by atomic mass is 9.33. The van der Waals surface area contributed by atoms with Crippen LogP contribution in [0.4, 0.5) is 51.2 Å². The Bertz CT molecular complexity index is 3690. The molecule has 0 saturated heterocycles. The molecular formula is C61H48BN5. The molecule has 10 aromatic rings. The molecule has 3 aliphatic rings. The lowest BCUT2D eigenvalue weighted by Gasteiger charge is -2.46. The molecule has 1 aromatic heterocycles. The van der Waals surface area contributed by atoms with Gasteiger partial charge in [-0.1, -0.05) is 145 Å². The van der Waals surface area contributed by atoms with Crippen LogP contribution >= 0.6 is 0 Å². The first-order valence-electron chi connectivity index (χ1n) is 23.4. The first-order chi connectivity index (χ1) is 32.5. The molecule has 0 bridgehead atoms. The van der Waals surface area contributed by atoms with Gasteiger partial charge in [0.25, 0.3) is 6.71 Å². The van der Waals surface area contributed by atoms with Crippen LogP contribution in [0, 0.1) is 11.3 Å². The molecule has 9 aromatic carbocycles. The highest BCUT2D eigenvalue weighted by molar-refractivity contribution is 7.00. The van der Waals surface area contributed by atoms with Crippen LogP contribution in [0.1, 0.15) is 58.2 Å². The maximum absolute atomic E-state index is 11.0. The largest absolute Gasteiger partial charge is 0.311 e. The zero-order valence-corrected chi connectivity index (χ0v) is 38.6. The number of para-hydroxylation sites is 3. The zero-order valence-electron chi connectivity index (χ0n) is 38.6. The fourth-order valence-corrected chi connectivity index (χ4v) is 11.3. The second-order valence-corrected chi connectivity index (χ2v) is 20.6. The van der Waals surface area contributed by atoms with E-state index in [1.54, 1.807) is 0 Å². The average molecular weight is 862 g/mol. The Balaban J connectivity index is 1.10. The quantitative estimate of drug-likeness (QED) is 0.165. The van der Waals surface area contributed by atoms with Gasteiger partial charge in [-0.05, 0) is 128 Å². The van der Waals surface area contributed by atoms with Gasteiger partial charge in [0.05, 0.1) is 39.7 Å². The average Bonchev–Trinajstić information content (AvgIpc) is 3.68. The minimum atomic E-state index is -0.113. The van der Waals surface area contributed by atoms with Crippen molar-refractivity contribution in [3.05, 3.63) is 199 Å². The van der Waals surface area contributed by atoms with Crippen LogP contribution in [0.2, 0.25) is 0 Å². The number of aromatic nitrogens is 1. The van der Waals surface area contributed by atoms with E-state index in [1.165, 1.54) is 54.7 Å². The molecule has 5 nitrogen and oxygen atoms in total. The number of nitriles is 1. The highest BCUT2D eigenvalue weighted by Crippen LogP contribution is 2.53. The van der Waals surface area contributed by atoms with Gasteiger partial charge in [0.2, 0.25) is 0 Å². The monoisotopic (exact) mass is 861 g/mol. The summed E-state index contributed by atoms with van der Waals surface area (Å²) in [7, 11) is 0. The summed E-state index contributed by atoms with van der Waals surface area (Å²) in [5, 5.41) is 15.8. The van der Waals surface area contributed by atoms with Crippen molar-refractivity contribution in [3.63, 3.8) is 0 Å². The van der Waals surface area contributed by atoms with Crippen LogP contribution in [0.3, 0.4) is 0 Å². The van der Waals surface area contributed by atoms with Gasteiger partial charge >= 0.3 is 0 Å². The normalized spacial score (nSPS) is 13.4. The van der Waals surface area contributed by atoms with Gasteiger partial charge in [0.1, 0.15) is 0 Å². The maximum atomic E-state index is 11.0. The van der Waals surface area contributed by atoms with Gasteiger partial charge in [-0.25, -0.2) is 0 Å². The number of nitrogens with zero attached hydrogens (tertiary/aromatic N) is 5. The van der Waals surface area contributed by atoms with E-state index in [2.05, 4.69) is 249 Å². The number of hydrogen-bond acceptors (Lipinski definition) is 4. The van der Waals surface area contributed by atoms with E-state index in [4.69, 9.17) is 0 Å². The molecule has 0 aliphatic carbocycles. The van der Waals surface area contributed by atoms with Crippen molar-refractivity contribution < 1.29 is 0 Å². The second-order valence-electron chi connectivity index (χ2n) is 20.6. The van der Waals surface area contributed by atoms with Crippen LogP contribution in [0.25, 0.3) is 38.3 Å². The SMILES string of the molecule is CC(C)(C)c1ccc(N(c2ccc(C(C)(C)C)cc2)c2ccc3c(c2)N(c2ccc4ccccc4c2)c2cc(C#N)cc4c2B3c2cccc3c2N4c2cccc4c5ccccc5n-3c24)cc1. The Morgan fingerprint density at radius 2 is 1.09 bits per heavy atom. The minimum Gasteiger partial charge on any atom is -0.311 e. The highest BCUT2D eigenvalue weighted by atomic mass is 15.2. The van der Waals surface area contributed by atoms with Gasteiger partial charge in [-0.2, -0.15) is 5.26 Å². The summed E-state index contributed by atoms with van der Waals surface area (Å²) in [4.78, 5) is 7.29. The summed E-state index contributed by atoms with van der Waals surface area (Å²) in [6.07, 6.45) is 0. The molecule has 3 aliphatic heterocycles. The van der Waals surface area contributed by atoms with Crippen LogP contribution in [0.5, 0.6) is 0 Å². The first-order valence-corrected chi connectivity index (χ1v) is 23.4. The van der Waals surface area contributed by atoms with Crippen LogP contribution in [-0.2, 0) is 10.8 Å². The number of anilines is 9. The zero-order chi connectivity index (χ0) is 45.5. The molecule has 320 valence electrons. The standard InChI is InChI=1S/C61H48BN5/c1-60(2,3)41-22-27-43(28-23-41)64(44-29-24-42(25-30-44)61(4,5)6)46-31-32-49-54(36-46)65(45-26-21-39-13-7-8-14-40(39)35-45)55-33-38(37-63)34-56-57(55)62(49)50-17-12-20-53-59(50)67(56)52-19-11-16-48-47-15-9-10-18-51(47)66(53)58(48)52/h7-36H,1-6H3. The van der Waals surface area contributed by atoms with E-state index in [0.717, 1.165) is 62.3 Å². The van der Waals surface area contributed by atoms with Gasteiger partial charge in [0, 0.05) is 50.6 Å². The Morgan fingerprint density at radius 1 is 0.478 bits per heavy atom. The minimum absolute atomic E-state index is 0.0210. The fourth-order valence-electron chi connectivity index (χ4n) is 11.3. The summed E-state index contributed by atoms with van der Waals surface area (Å²) in [6, 6.07) is 69.8. The summed E-state index contributed by atoms with van der Waals surface area (Å²) in [6.45, 7) is 13.5. The van der Waals surface area contributed by atoms with Crippen molar-refractivity contribution in [2.45, 2.75) is 52.4 Å². The molecule has 4 heterocycles. The first kappa shape index (κ1) is 39.4. The van der Waals surface area contributed by atoms with E-state index < -0.39 is 0 Å². The summed E-state index contributed by atoms with van der Waals surface area (Å²) in [5.74, 6) is 0. The second kappa shape index (κ2) is 14.0.